The molecule has 1 aromatic heterocycles. The van der Waals surface area contributed by atoms with Crippen LogP contribution in [0.3, 0.4) is 0 Å². The third-order valence-electron chi connectivity index (χ3n) is 2.98. The van der Waals surface area contributed by atoms with E-state index in [0.29, 0.717) is 12.1 Å². The number of aromatic nitrogens is 2. The fraction of sp³-hybridized carbons (Fsp3) is 0.231. The molecule has 0 amide bonds. The zero-order chi connectivity index (χ0) is 18.2. The van der Waals surface area contributed by atoms with Gasteiger partial charge in [0.25, 0.3) is 6.43 Å². The number of carbonyl (C=O) groups excluding carboxylic acids is 1. The molecule has 0 saturated heterocycles. The summed E-state index contributed by atoms with van der Waals surface area (Å²) < 4.78 is 81.8. The van der Waals surface area contributed by atoms with Crippen LogP contribution in [0.2, 0.25) is 0 Å². The van der Waals surface area contributed by atoms with E-state index in [1.807, 2.05) is 4.98 Å². The number of nitrogens with one attached hydrogen (secondary N) is 1. The van der Waals surface area contributed by atoms with Crippen molar-refractivity contribution in [2.45, 2.75) is 12.6 Å². The molecule has 0 fully saturated rings. The van der Waals surface area contributed by atoms with Crippen LogP contribution in [-0.2, 0) is 10.9 Å². The van der Waals surface area contributed by atoms with Gasteiger partial charge in [0.2, 0.25) is 0 Å². The van der Waals surface area contributed by atoms with Gasteiger partial charge in [0, 0.05) is 5.56 Å². The van der Waals surface area contributed by atoms with Gasteiger partial charge in [-0.3, -0.25) is 0 Å². The Labute approximate surface area is 139 Å². The molecule has 0 spiro atoms. The van der Waals surface area contributed by atoms with Gasteiger partial charge in [-0.2, -0.15) is 13.2 Å². The Morgan fingerprint density at radius 2 is 1.96 bits per heavy atom. The number of alkyl halides is 5. The van der Waals surface area contributed by atoms with Gasteiger partial charge < -0.3 is 9.72 Å². The van der Waals surface area contributed by atoms with Gasteiger partial charge >= 0.3 is 12.1 Å². The summed E-state index contributed by atoms with van der Waals surface area (Å²) in [5.41, 5.74) is -3.49. The first-order valence-electron chi connectivity index (χ1n) is 6.09. The zero-order valence-electron chi connectivity index (χ0n) is 11.6. The average molecular weight is 417 g/mol. The summed E-state index contributed by atoms with van der Waals surface area (Å²) in [7, 11) is 0.922. The second-order valence-corrected chi connectivity index (χ2v) is 5.21. The second-order valence-electron chi connectivity index (χ2n) is 4.46. The van der Waals surface area contributed by atoms with E-state index >= 15 is 0 Å². The summed E-state index contributed by atoms with van der Waals surface area (Å²) in [6.45, 7) is 0. The first kappa shape index (κ1) is 18.3. The van der Waals surface area contributed by atoms with Crippen LogP contribution in [-0.4, -0.2) is 23.0 Å². The number of rotatable bonds is 3. The zero-order valence-corrected chi connectivity index (χ0v) is 13.2. The molecule has 4 nitrogen and oxygen atoms in total. The first-order chi connectivity index (χ1) is 11.1. The van der Waals surface area contributed by atoms with Crippen LogP contribution in [0.1, 0.15) is 28.0 Å². The Bertz CT molecular complexity index is 787. The lowest BCUT2D eigenvalue weighted by Crippen LogP contribution is -2.08. The fourth-order valence-electron chi connectivity index (χ4n) is 1.90. The van der Waals surface area contributed by atoms with E-state index in [9.17, 15) is 31.1 Å². The maximum Gasteiger partial charge on any atom is 0.433 e. The standard InChI is InChI=1S/C13H7BrF6N2O2/c1-24-12(23)5-2-6(7(15)3-4(5)10(16)17)11-21-8(9(14)22-11)13(18,19)20/h2-3,10H,1H3,(H,21,22). The number of imidazole rings is 1. The van der Waals surface area contributed by atoms with Crippen molar-refractivity contribution in [2.24, 2.45) is 0 Å². The van der Waals surface area contributed by atoms with Crippen molar-refractivity contribution in [3.8, 4) is 11.4 Å². The molecule has 0 aliphatic rings. The SMILES string of the molecule is COC(=O)c1cc(-c2nc(Br)c(C(F)(F)F)[nH]2)c(F)cc1C(F)F. The number of hydrogen-bond acceptors (Lipinski definition) is 3. The van der Waals surface area contributed by atoms with Gasteiger partial charge in [0.15, 0.2) is 5.69 Å². The molecule has 1 heterocycles. The van der Waals surface area contributed by atoms with Crippen LogP contribution in [0.15, 0.2) is 16.7 Å². The van der Waals surface area contributed by atoms with Crippen LogP contribution < -0.4 is 0 Å². The first-order valence-corrected chi connectivity index (χ1v) is 6.88. The Morgan fingerprint density at radius 1 is 1.33 bits per heavy atom. The molecular formula is C13H7BrF6N2O2. The molecule has 0 unspecified atom stereocenters. The van der Waals surface area contributed by atoms with Crippen molar-refractivity contribution >= 4 is 21.9 Å². The molecule has 0 aliphatic heterocycles. The van der Waals surface area contributed by atoms with E-state index in [1.165, 1.54) is 0 Å². The van der Waals surface area contributed by atoms with Gasteiger partial charge in [-0.05, 0) is 28.1 Å². The Balaban J connectivity index is 2.66. The third-order valence-corrected chi connectivity index (χ3v) is 3.55. The molecule has 0 atom stereocenters. The number of H-pyrrole nitrogens is 1. The molecule has 11 heteroatoms. The molecule has 0 radical (unpaired) electrons. The maximum absolute atomic E-state index is 14.0. The lowest BCUT2D eigenvalue weighted by atomic mass is 10.0. The van der Waals surface area contributed by atoms with Crippen LogP contribution in [0.5, 0.6) is 0 Å². The van der Waals surface area contributed by atoms with Gasteiger partial charge in [-0.15, -0.1) is 0 Å². The fourth-order valence-corrected chi connectivity index (χ4v) is 2.41. The van der Waals surface area contributed by atoms with Crippen LogP contribution in [0.4, 0.5) is 26.3 Å². The van der Waals surface area contributed by atoms with E-state index in [0.717, 1.165) is 7.11 Å². The van der Waals surface area contributed by atoms with Crippen molar-refractivity contribution in [1.29, 1.82) is 0 Å². The predicted molar refractivity (Wildman–Crippen MR) is 73.0 cm³/mol. The maximum atomic E-state index is 14.0. The lowest BCUT2D eigenvalue weighted by Gasteiger charge is -2.10. The van der Waals surface area contributed by atoms with Crippen molar-refractivity contribution in [1.82, 2.24) is 9.97 Å². The highest BCUT2D eigenvalue weighted by Crippen LogP contribution is 2.36. The molecule has 2 rings (SSSR count). The van der Waals surface area contributed by atoms with Crippen molar-refractivity contribution in [2.75, 3.05) is 7.11 Å². The van der Waals surface area contributed by atoms with E-state index in [-0.39, 0.29) is 0 Å². The normalized spacial score (nSPS) is 11.9. The Morgan fingerprint density at radius 3 is 2.42 bits per heavy atom. The van der Waals surface area contributed by atoms with Gasteiger partial charge in [0.1, 0.15) is 16.2 Å². The topological polar surface area (TPSA) is 55.0 Å². The van der Waals surface area contributed by atoms with Crippen molar-refractivity contribution < 1.29 is 35.9 Å². The summed E-state index contributed by atoms with van der Waals surface area (Å²) in [4.78, 5) is 16.9. The molecule has 0 aliphatic carbocycles. The van der Waals surface area contributed by atoms with Gasteiger partial charge in [-0.25, -0.2) is 22.9 Å². The minimum atomic E-state index is -4.80. The number of methoxy groups -OCH3 is 1. The van der Waals surface area contributed by atoms with E-state index in [1.54, 1.807) is 0 Å². The van der Waals surface area contributed by atoms with Crippen molar-refractivity contribution in [3.63, 3.8) is 0 Å². The molecule has 0 saturated carbocycles. The highest BCUT2D eigenvalue weighted by Gasteiger charge is 2.37. The molecule has 24 heavy (non-hydrogen) atoms. The minimum Gasteiger partial charge on any atom is -0.465 e. The summed E-state index contributed by atoms with van der Waals surface area (Å²) in [5.74, 6) is -3.04. The van der Waals surface area contributed by atoms with Gasteiger partial charge in [0.05, 0.1) is 18.2 Å². The number of nitrogens with zero attached hydrogens (tertiary/aromatic N) is 1. The molecule has 1 aromatic carbocycles. The number of carbonyl (C=O) groups is 1. The number of halogens is 7. The molecule has 1 N–H and O–H groups in total. The summed E-state index contributed by atoms with van der Waals surface area (Å²) in [6.07, 6.45) is -7.98. The third kappa shape index (κ3) is 3.40. The molecule has 0 bridgehead atoms. The largest absolute Gasteiger partial charge is 0.465 e. The summed E-state index contributed by atoms with van der Waals surface area (Å²) >= 11 is 2.58. The highest BCUT2D eigenvalue weighted by atomic mass is 79.9. The van der Waals surface area contributed by atoms with Crippen LogP contribution >= 0.6 is 15.9 Å². The van der Waals surface area contributed by atoms with Crippen molar-refractivity contribution in [3.05, 3.63) is 39.4 Å². The average Bonchev–Trinajstić information content (AvgIpc) is 2.87. The lowest BCUT2D eigenvalue weighted by molar-refractivity contribution is -0.141. The van der Waals surface area contributed by atoms with E-state index in [4.69, 9.17) is 0 Å². The van der Waals surface area contributed by atoms with E-state index in [2.05, 4.69) is 25.7 Å². The number of hydrogen-bond donors (Lipinski definition) is 1. The van der Waals surface area contributed by atoms with Crippen LogP contribution in [0.25, 0.3) is 11.4 Å². The number of aromatic amines is 1. The number of ether oxygens (including phenoxy) is 1. The second kappa shape index (κ2) is 6.46. The summed E-state index contributed by atoms with van der Waals surface area (Å²) in [6, 6.07) is 1.02. The monoisotopic (exact) mass is 416 g/mol. The van der Waals surface area contributed by atoms with Gasteiger partial charge in [-0.1, -0.05) is 0 Å². The summed E-state index contributed by atoms with van der Waals surface area (Å²) in [5, 5.41) is 0. The molecular weight excluding hydrogens is 410 g/mol. The smallest absolute Gasteiger partial charge is 0.433 e. The Kier molecular flexibility index (Phi) is 4.92. The number of benzene rings is 1. The molecule has 130 valence electrons. The Hall–Kier alpha value is -2.04. The van der Waals surface area contributed by atoms with Crippen LogP contribution in [0, 0.1) is 5.82 Å². The minimum absolute atomic E-state index is 0.357. The molecule has 2 aromatic rings. The highest BCUT2D eigenvalue weighted by molar-refractivity contribution is 9.10. The predicted octanol–water partition coefficient (Wildman–Crippen LogP) is 4.72. The van der Waals surface area contributed by atoms with E-state index < -0.39 is 57.2 Å². The quantitative estimate of drug-likeness (QED) is 0.581. The number of esters is 1.